The topological polar surface area (TPSA) is 143 Å². The van der Waals surface area contributed by atoms with Crippen molar-refractivity contribution in [2.75, 3.05) is 20.3 Å². The highest BCUT2D eigenvalue weighted by atomic mass is 19.1. The third-order valence-corrected chi connectivity index (χ3v) is 8.10. The Labute approximate surface area is 224 Å². The zero-order valence-electron chi connectivity index (χ0n) is 21.7. The lowest BCUT2D eigenvalue weighted by Crippen LogP contribution is -2.55. The number of carbonyl (C=O) groups is 3. The van der Waals surface area contributed by atoms with Crippen LogP contribution in [0.15, 0.2) is 29.1 Å². The molecule has 6 rings (SSSR count). The number of fused-ring (bicyclic) bond motifs is 2. The van der Waals surface area contributed by atoms with Crippen molar-refractivity contribution in [1.29, 1.82) is 0 Å². The van der Waals surface area contributed by atoms with Crippen LogP contribution in [0.5, 0.6) is 5.75 Å². The number of aromatic nitrogens is 2. The lowest BCUT2D eigenvalue weighted by Gasteiger charge is -2.37. The van der Waals surface area contributed by atoms with Crippen LogP contribution in [0, 0.1) is 11.7 Å². The van der Waals surface area contributed by atoms with Gasteiger partial charge >= 0.3 is 11.8 Å². The Bertz CT molecular complexity index is 1340. The number of likely N-dealkylation sites (tertiary alicyclic amines) is 1. The fourth-order valence-electron chi connectivity index (χ4n) is 5.99. The molecule has 1 aliphatic carbocycles. The minimum atomic E-state index is -1.14. The van der Waals surface area contributed by atoms with Crippen molar-refractivity contribution in [3.8, 4) is 5.75 Å². The standard InChI is InChI=1S/C27H32FN5O6/c1-39-15-19-3-2-12-32(19)25(38)23(36)31-27-10-8-17(9-11-27)14-33-24(37)21(34)20(30-26(27)33)22(35)29-13-16-4-6-18(28)7-5-16/h4-7,17,19,34H,2-3,8-15H2,1H3,(H,29,35)(H,31,36)/t17?,19-,27?/m0/s1. The Kier molecular flexibility index (Phi) is 7.39. The Morgan fingerprint density at radius 3 is 2.59 bits per heavy atom. The summed E-state index contributed by atoms with van der Waals surface area (Å²) in [6.07, 6.45) is 3.75. The van der Waals surface area contributed by atoms with Gasteiger partial charge in [-0.25, -0.2) is 9.37 Å². The van der Waals surface area contributed by atoms with E-state index in [0.717, 1.165) is 12.8 Å². The van der Waals surface area contributed by atoms with Gasteiger partial charge in [-0.05, 0) is 62.1 Å². The maximum atomic E-state index is 13.3. The largest absolute Gasteiger partial charge is 0.501 e. The second kappa shape index (κ2) is 10.8. The molecule has 0 unspecified atom stereocenters. The van der Waals surface area contributed by atoms with Gasteiger partial charge in [-0.15, -0.1) is 0 Å². The van der Waals surface area contributed by atoms with E-state index in [9.17, 15) is 28.7 Å². The van der Waals surface area contributed by atoms with Crippen LogP contribution in [0.2, 0.25) is 0 Å². The van der Waals surface area contributed by atoms with Crippen molar-refractivity contribution in [3.63, 3.8) is 0 Å². The highest BCUT2D eigenvalue weighted by Crippen LogP contribution is 2.43. The maximum Gasteiger partial charge on any atom is 0.312 e. The van der Waals surface area contributed by atoms with Crippen molar-refractivity contribution in [1.82, 2.24) is 25.1 Å². The Morgan fingerprint density at radius 1 is 1.18 bits per heavy atom. The molecule has 1 aromatic carbocycles. The molecule has 208 valence electrons. The van der Waals surface area contributed by atoms with Crippen LogP contribution < -0.4 is 16.2 Å². The monoisotopic (exact) mass is 541 g/mol. The van der Waals surface area contributed by atoms with Gasteiger partial charge in [-0.2, -0.15) is 0 Å². The van der Waals surface area contributed by atoms with E-state index in [1.165, 1.54) is 33.7 Å². The number of aromatic hydroxyl groups is 1. The Balaban J connectivity index is 1.44. The van der Waals surface area contributed by atoms with Gasteiger partial charge in [0.1, 0.15) is 11.6 Å². The van der Waals surface area contributed by atoms with E-state index < -0.39 is 46.1 Å². The molecule has 3 amide bonds. The molecular formula is C27H32FN5O6. The molecule has 0 spiro atoms. The first-order valence-electron chi connectivity index (χ1n) is 13.2. The number of hydrogen-bond donors (Lipinski definition) is 3. The number of carbonyl (C=O) groups excluding carboxylic acids is 3. The van der Waals surface area contributed by atoms with Crippen LogP contribution in [0.25, 0.3) is 0 Å². The average Bonchev–Trinajstić information content (AvgIpc) is 3.27. The number of benzene rings is 1. The van der Waals surface area contributed by atoms with Crippen molar-refractivity contribution in [3.05, 3.63) is 57.5 Å². The third kappa shape index (κ3) is 5.12. The predicted molar refractivity (Wildman–Crippen MR) is 136 cm³/mol. The molecule has 1 atom stereocenters. The highest BCUT2D eigenvalue weighted by molar-refractivity contribution is 6.35. The smallest absolute Gasteiger partial charge is 0.312 e. The zero-order chi connectivity index (χ0) is 27.7. The van der Waals surface area contributed by atoms with Gasteiger partial charge in [0.2, 0.25) is 5.75 Å². The van der Waals surface area contributed by atoms with E-state index in [0.29, 0.717) is 50.9 Å². The van der Waals surface area contributed by atoms with Crippen LogP contribution in [0.4, 0.5) is 4.39 Å². The molecule has 3 N–H and O–H groups in total. The fraction of sp³-hybridized carbons (Fsp3) is 0.519. The number of halogens is 1. The SMILES string of the molecule is COC[C@@H]1CCCN1C(=O)C(=O)NC12CCC(CC1)Cn1c2nc(C(=O)NCc2ccc(F)cc2)c(O)c1=O. The molecule has 11 nitrogen and oxygen atoms in total. The van der Waals surface area contributed by atoms with Gasteiger partial charge in [-0.1, -0.05) is 12.1 Å². The number of nitrogens with one attached hydrogen (secondary N) is 2. The molecule has 1 saturated heterocycles. The number of nitrogens with zero attached hydrogens (tertiary/aromatic N) is 3. The highest BCUT2D eigenvalue weighted by Gasteiger charge is 2.47. The average molecular weight is 542 g/mol. The van der Waals surface area contributed by atoms with Crippen LogP contribution in [-0.2, 0) is 33.0 Å². The molecule has 2 fully saturated rings. The van der Waals surface area contributed by atoms with E-state index in [2.05, 4.69) is 15.6 Å². The molecule has 1 saturated carbocycles. The molecule has 4 aliphatic rings. The van der Waals surface area contributed by atoms with Gasteiger partial charge in [0, 0.05) is 26.7 Å². The Morgan fingerprint density at radius 2 is 1.90 bits per heavy atom. The molecule has 12 heteroatoms. The number of methoxy groups -OCH3 is 1. The van der Waals surface area contributed by atoms with Crippen molar-refractivity contribution >= 4 is 17.7 Å². The first kappa shape index (κ1) is 26.8. The van der Waals surface area contributed by atoms with E-state index >= 15 is 0 Å². The summed E-state index contributed by atoms with van der Waals surface area (Å²) in [5, 5.41) is 16.1. The van der Waals surface area contributed by atoms with Gasteiger partial charge in [0.15, 0.2) is 5.69 Å². The quantitative estimate of drug-likeness (QED) is 0.466. The van der Waals surface area contributed by atoms with Gasteiger partial charge in [0.05, 0.1) is 18.2 Å². The van der Waals surface area contributed by atoms with Crippen molar-refractivity contribution in [2.45, 2.75) is 63.2 Å². The second-order valence-electron chi connectivity index (χ2n) is 10.6. The summed E-state index contributed by atoms with van der Waals surface area (Å²) < 4.78 is 19.7. The van der Waals surface area contributed by atoms with Crippen molar-refractivity contribution < 1.29 is 28.6 Å². The maximum absolute atomic E-state index is 13.3. The van der Waals surface area contributed by atoms with E-state index in [-0.39, 0.29) is 24.3 Å². The molecule has 4 heterocycles. The molecule has 39 heavy (non-hydrogen) atoms. The molecule has 0 radical (unpaired) electrons. The van der Waals surface area contributed by atoms with Gasteiger partial charge < -0.3 is 25.4 Å². The molecule has 2 aromatic rings. The van der Waals surface area contributed by atoms with Gasteiger partial charge in [-0.3, -0.25) is 23.7 Å². The van der Waals surface area contributed by atoms with E-state index in [1.807, 2.05) is 0 Å². The summed E-state index contributed by atoms with van der Waals surface area (Å²) >= 11 is 0. The lowest BCUT2D eigenvalue weighted by molar-refractivity contribution is -0.148. The van der Waals surface area contributed by atoms with Crippen LogP contribution in [0.3, 0.4) is 0 Å². The molecule has 2 bridgehead atoms. The van der Waals surface area contributed by atoms with Crippen LogP contribution in [-0.4, -0.2) is 63.6 Å². The van der Waals surface area contributed by atoms with Crippen molar-refractivity contribution in [2.24, 2.45) is 5.92 Å². The van der Waals surface area contributed by atoms with E-state index in [1.54, 1.807) is 7.11 Å². The normalized spacial score (nSPS) is 23.7. The summed E-state index contributed by atoms with van der Waals surface area (Å²) in [5.41, 5.74) is -1.76. The summed E-state index contributed by atoms with van der Waals surface area (Å²) in [4.78, 5) is 58.7. The molecular weight excluding hydrogens is 509 g/mol. The number of hydrogen-bond acceptors (Lipinski definition) is 7. The predicted octanol–water partition coefficient (Wildman–Crippen LogP) is 1.17. The molecule has 1 aromatic heterocycles. The lowest BCUT2D eigenvalue weighted by atomic mass is 9.77. The third-order valence-electron chi connectivity index (χ3n) is 8.10. The summed E-state index contributed by atoms with van der Waals surface area (Å²) in [6.45, 7) is 1.10. The fourth-order valence-corrected chi connectivity index (χ4v) is 5.99. The Hall–Kier alpha value is -3.80. The first-order chi connectivity index (χ1) is 18.7. The number of amides is 3. The summed E-state index contributed by atoms with van der Waals surface area (Å²) in [6, 6.07) is 5.35. The summed E-state index contributed by atoms with van der Waals surface area (Å²) in [5.74, 6) is -3.15. The number of rotatable bonds is 6. The van der Waals surface area contributed by atoms with Crippen LogP contribution >= 0.6 is 0 Å². The summed E-state index contributed by atoms with van der Waals surface area (Å²) in [7, 11) is 1.55. The zero-order valence-corrected chi connectivity index (χ0v) is 21.7. The van der Waals surface area contributed by atoms with E-state index in [4.69, 9.17) is 4.74 Å². The van der Waals surface area contributed by atoms with Crippen LogP contribution in [0.1, 0.15) is 60.4 Å². The molecule has 3 aliphatic heterocycles. The minimum absolute atomic E-state index is 0.0234. The second-order valence-corrected chi connectivity index (χ2v) is 10.6. The van der Waals surface area contributed by atoms with Gasteiger partial charge in [0.25, 0.3) is 11.5 Å². The number of ether oxygens (including phenoxy) is 1. The first-order valence-corrected chi connectivity index (χ1v) is 13.2. The minimum Gasteiger partial charge on any atom is -0.501 e.